The summed E-state index contributed by atoms with van der Waals surface area (Å²) >= 11 is 0. The molecule has 1 saturated heterocycles. The highest BCUT2D eigenvalue weighted by atomic mass is 16.5. The highest BCUT2D eigenvalue weighted by Gasteiger charge is 2.32. The van der Waals surface area contributed by atoms with Gasteiger partial charge in [-0.3, -0.25) is 14.5 Å². The lowest BCUT2D eigenvalue weighted by Gasteiger charge is -2.39. The second-order valence-corrected chi connectivity index (χ2v) is 6.38. The minimum atomic E-state index is -0.260. The number of nitrogens with zero attached hydrogens (tertiary/aromatic N) is 3. The normalized spacial score (nSPS) is 18.3. The van der Waals surface area contributed by atoms with Gasteiger partial charge < -0.3 is 14.5 Å². The Bertz CT molecular complexity index is 589. The van der Waals surface area contributed by atoms with Crippen LogP contribution >= 0.6 is 0 Å². The molecule has 0 saturated carbocycles. The fourth-order valence-corrected chi connectivity index (χ4v) is 2.97. The number of rotatable bonds is 5. The third-order valence-corrected chi connectivity index (χ3v) is 4.53. The monoisotopic (exact) mass is 333 g/mol. The topological polar surface area (TPSA) is 53.1 Å². The molecule has 0 spiro atoms. The number of aryl methyl sites for hydroxylation is 1. The lowest BCUT2D eigenvalue weighted by atomic mass is 10.1. The standard InChI is InChI=1S/C18H27N3O3/c1-19(2)18(23)15-13-21(12-11-20(15)3)17(22)10-9-14-7-5-6-8-16(14)24-4/h5-8,15H,9-13H2,1-4H3/t15-/m1/s1. The smallest absolute Gasteiger partial charge is 0.241 e. The second-order valence-electron chi connectivity index (χ2n) is 6.38. The van der Waals surface area contributed by atoms with Crippen LogP contribution in [0.4, 0.5) is 0 Å². The van der Waals surface area contributed by atoms with Gasteiger partial charge in [-0.15, -0.1) is 0 Å². The minimum Gasteiger partial charge on any atom is -0.496 e. The summed E-state index contributed by atoms with van der Waals surface area (Å²) in [6.45, 7) is 1.83. The summed E-state index contributed by atoms with van der Waals surface area (Å²) in [6, 6.07) is 7.49. The van der Waals surface area contributed by atoms with Crippen LogP contribution in [0.2, 0.25) is 0 Å². The zero-order valence-corrected chi connectivity index (χ0v) is 15.0. The van der Waals surface area contributed by atoms with Gasteiger partial charge in [-0.05, 0) is 25.1 Å². The Labute approximate surface area is 144 Å². The Kier molecular flexibility index (Phi) is 6.20. The summed E-state index contributed by atoms with van der Waals surface area (Å²) in [4.78, 5) is 30.2. The number of likely N-dealkylation sites (N-methyl/N-ethyl adjacent to an activating group) is 2. The van der Waals surface area contributed by atoms with E-state index in [0.29, 0.717) is 32.5 Å². The maximum atomic E-state index is 12.6. The van der Waals surface area contributed by atoms with Gasteiger partial charge in [-0.2, -0.15) is 0 Å². The van der Waals surface area contributed by atoms with E-state index in [-0.39, 0.29) is 17.9 Å². The lowest BCUT2D eigenvalue weighted by molar-refractivity contribution is -0.141. The summed E-state index contributed by atoms with van der Waals surface area (Å²) in [5.41, 5.74) is 1.03. The zero-order chi connectivity index (χ0) is 17.7. The maximum absolute atomic E-state index is 12.6. The molecule has 0 N–H and O–H groups in total. The van der Waals surface area contributed by atoms with Crippen LogP contribution in [-0.4, -0.2) is 80.4 Å². The van der Waals surface area contributed by atoms with Crippen molar-refractivity contribution in [1.82, 2.24) is 14.7 Å². The molecular weight excluding hydrogens is 306 g/mol. The predicted molar refractivity (Wildman–Crippen MR) is 93.0 cm³/mol. The van der Waals surface area contributed by atoms with Crippen LogP contribution < -0.4 is 4.74 Å². The molecule has 1 aromatic rings. The summed E-state index contributed by atoms with van der Waals surface area (Å²) in [7, 11) is 7.07. The van der Waals surface area contributed by atoms with E-state index >= 15 is 0 Å². The first-order valence-corrected chi connectivity index (χ1v) is 8.25. The van der Waals surface area contributed by atoms with Crippen LogP contribution in [0.5, 0.6) is 5.75 Å². The molecule has 1 aliphatic heterocycles. The molecule has 132 valence electrons. The quantitative estimate of drug-likeness (QED) is 0.802. The van der Waals surface area contributed by atoms with Crippen molar-refractivity contribution < 1.29 is 14.3 Å². The Hall–Kier alpha value is -2.08. The first-order chi connectivity index (χ1) is 11.4. The number of piperazine rings is 1. The summed E-state index contributed by atoms with van der Waals surface area (Å²) in [6.07, 6.45) is 1.06. The number of methoxy groups -OCH3 is 1. The number of carbonyl (C=O) groups is 2. The van der Waals surface area contributed by atoms with Crippen molar-refractivity contribution in [2.24, 2.45) is 0 Å². The van der Waals surface area contributed by atoms with E-state index < -0.39 is 0 Å². The molecule has 6 nitrogen and oxygen atoms in total. The molecular formula is C18H27N3O3. The van der Waals surface area contributed by atoms with E-state index in [2.05, 4.69) is 0 Å². The Morgan fingerprint density at radius 3 is 2.62 bits per heavy atom. The zero-order valence-electron chi connectivity index (χ0n) is 15.0. The van der Waals surface area contributed by atoms with Crippen LogP contribution in [0.25, 0.3) is 0 Å². The van der Waals surface area contributed by atoms with Gasteiger partial charge in [0.2, 0.25) is 11.8 Å². The van der Waals surface area contributed by atoms with Gasteiger partial charge in [0.15, 0.2) is 0 Å². The fraction of sp³-hybridized carbons (Fsp3) is 0.556. The summed E-state index contributed by atoms with van der Waals surface area (Å²) < 4.78 is 5.33. The first kappa shape index (κ1) is 18.3. The van der Waals surface area contributed by atoms with Crippen molar-refractivity contribution in [3.05, 3.63) is 29.8 Å². The van der Waals surface area contributed by atoms with Crippen LogP contribution in [0.3, 0.4) is 0 Å². The van der Waals surface area contributed by atoms with Crippen molar-refractivity contribution >= 4 is 11.8 Å². The number of para-hydroxylation sites is 1. The van der Waals surface area contributed by atoms with Crippen molar-refractivity contribution in [3.8, 4) is 5.75 Å². The van der Waals surface area contributed by atoms with E-state index in [1.54, 1.807) is 26.1 Å². The molecule has 1 aromatic carbocycles. The predicted octanol–water partition coefficient (Wildman–Crippen LogP) is 0.859. The van der Waals surface area contributed by atoms with Gasteiger partial charge in [-0.1, -0.05) is 18.2 Å². The number of carbonyl (C=O) groups excluding carboxylic acids is 2. The average molecular weight is 333 g/mol. The third-order valence-electron chi connectivity index (χ3n) is 4.53. The van der Waals surface area contributed by atoms with E-state index in [4.69, 9.17) is 4.74 Å². The molecule has 0 bridgehead atoms. The largest absolute Gasteiger partial charge is 0.496 e. The highest BCUT2D eigenvalue weighted by molar-refractivity contribution is 5.83. The fourth-order valence-electron chi connectivity index (χ4n) is 2.97. The molecule has 0 aliphatic carbocycles. The molecule has 1 fully saturated rings. The van der Waals surface area contributed by atoms with Gasteiger partial charge in [-0.25, -0.2) is 0 Å². The van der Waals surface area contributed by atoms with E-state index in [9.17, 15) is 9.59 Å². The van der Waals surface area contributed by atoms with Gasteiger partial charge >= 0.3 is 0 Å². The van der Waals surface area contributed by atoms with Gasteiger partial charge in [0, 0.05) is 40.2 Å². The first-order valence-electron chi connectivity index (χ1n) is 8.25. The van der Waals surface area contributed by atoms with Gasteiger partial charge in [0.1, 0.15) is 11.8 Å². The maximum Gasteiger partial charge on any atom is 0.241 e. The SMILES string of the molecule is COc1ccccc1CCC(=O)N1CCN(C)[C@@H](C(=O)N(C)C)C1. The van der Waals surface area contributed by atoms with Crippen LogP contribution in [-0.2, 0) is 16.0 Å². The Balaban J connectivity index is 1.96. The number of ether oxygens (including phenoxy) is 1. The molecule has 1 atom stereocenters. The molecule has 1 heterocycles. The van der Waals surface area contributed by atoms with Crippen LogP contribution in [0.1, 0.15) is 12.0 Å². The molecule has 1 aliphatic rings. The number of benzene rings is 1. The second kappa shape index (κ2) is 8.15. The molecule has 0 unspecified atom stereocenters. The van der Waals surface area contributed by atoms with E-state index in [0.717, 1.165) is 11.3 Å². The van der Waals surface area contributed by atoms with Crippen molar-refractivity contribution in [3.63, 3.8) is 0 Å². The van der Waals surface area contributed by atoms with Crippen LogP contribution in [0, 0.1) is 0 Å². The lowest BCUT2D eigenvalue weighted by Crippen LogP contribution is -2.58. The van der Waals surface area contributed by atoms with Crippen molar-refractivity contribution in [2.75, 3.05) is 47.9 Å². The van der Waals surface area contributed by atoms with Crippen LogP contribution in [0.15, 0.2) is 24.3 Å². The van der Waals surface area contributed by atoms with Crippen molar-refractivity contribution in [1.29, 1.82) is 0 Å². The molecule has 2 rings (SSSR count). The molecule has 2 amide bonds. The van der Waals surface area contributed by atoms with Crippen molar-refractivity contribution in [2.45, 2.75) is 18.9 Å². The Morgan fingerprint density at radius 2 is 1.96 bits per heavy atom. The third kappa shape index (κ3) is 4.26. The summed E-state index contributed by atoms with van der Waals surface area (Å²) in [5.74, 6) is 0.939. The number of hydrogen-bond donors (Lipinski definition) is 0. The summed E-state index contributed by atoms with van der Waals surface area (Å²) in [5, 5.41) is 0. The number of hydrogen-bond acceptors (Lipinski definition) is 4. The van der Waals surface area contributed by atoms with E-state index in [1.807, 2.05) is 41.1 Å². The highest BCUT2D eigenvalue weighted by Crippen LogP contribution is 2.20. The average Bonchev–Trinajstić information content (AvgIpc) is 2.59. The van der Waals surface area contributed by atoms with Gasteiger partial charge in [0.25, 0.3) is 0 Å². The van der Waals surface area contributed by atoms with E-state index in [1.165, 1.54) is 0 Å². The molecule has 24 heavy (non-hydrogen) atoms. The van der Waals surface area contributed by atoms with Gasteiger partial charge in [0.05, 0.1) is 7.11 Å². The molecule has 0 aromatic heterocycles. The molecule has 0 radical (unpaired) electrons. The molecule has 6 heteroatoms. The Morgan fingerprint density at radius 1 is 1.25 bits per heavy atom. The minimum absolute atomic E-state index is 0.0414. The number of amides is 2.